The molecule has 0 fully saturated rings. The van der Waals surface area contributed by atoms with E-state index in [-0.39, 0.29) is 0 Å². The van der Waals surface area contributed by atoms with Gasteiger partial charge in [0.1, 0.15) is 0 Å². The quantitative estimate of drug-likeness (QED) is 0.629. The Hall–Kier alpha value is -0.820. The summed E-state index contributed by atoms with van der Waals surface area (Å²) in [6.45, 7) is 4.74. The molecule has 0 aliphatic carbocycles. The number of rotatable bonds is 5. The molecule has 1 heteroatoms. The van der Waals surface area contributed by atoms with Gasteiger partial charge < -0.3 is 4.48 Å². The van der Waals surface area contributed by atoms with Gasteiger partial charge in [-0.3, -0.25) is 0 Å². The summed E-state index contributed by atoms with van der Waals surface area (Å²) in [4.78, 5) is 0. The summed E-state index contributed by atoms with van der Waals surface area (Å²) in [7, 11) is 4.59. The summed E-state index contributed by atoms with van der Waals surface area (Å²) in [6.07, 6.45) is 2.49. The molecule has 78 valence electrons. The Morgan fingerprint density at radius 2 is 1.71 bits per heavy atom. The molecule has 0 amide bonds. The number of nitrogens with zero attached hydrogens (tertiary/aromatic N) is 1. The van der Waals surface area contributed by atoms with Gasteiger partial charge in [0.15, 0.2) is 0 Å². The average Bonchev–Trinajstić information content (AvgIpc) is 2.19. The van der Waals surface area contributed by atoms with Gasteiger partial charge >= 0.3 is 0 Å². The molecule has 0 unspecified atom stereocenters. The summed E-state index contributed by atoms with van der Waals surface area (Å²) in [6, 6.07) is 10.7. The van der Waals surface area contributed by atoms with E-state index in [0.29, 0.717) is 0 Å². The highest BCUT2D eigenvalue weighted by molar-refractivity contribution is 5.14. The maximum atomic E-state index is 2.30. The standard InChI is InChI=1S/C13H22N/c1-4-14(2,3)12-8-11-13-9-6-5-7-10-13/h5-7,9-10H,4,8,11-12H2,1-3H3/q+1. The first-order valence-electron chi connectivity index (χ1n) is 5.50. The number of quaternary nitrogens is 1. The van der Waals surface area contributed by atoms with Crippen molar-refractivity contribution in [3.05, 3.63) is 35.9 Å². The van der Waals surface area contributed by atoms with Gasteiger partial charge in [0, 0.05) is 6.42 Å². The molecule has 0 radical (unpaired) electrons. The average molecular weight is 192 g/mol. The van der Waals surface area contributed by atoms with Crippen LogP contribution in [0.1, 0.15) is 18.9 Å². The minimum atomic E-state index is 1.13. The molecule has 0 aliphatic rings. The molecule has 1 rings (SSSR count). The predicted molar refractivity (Wildman–Crippen MR) is 62.3 cm³/mol. The molecule has 0 heterocycles. The van der Waals surface area contributed by atoms with Crippen LogP contribution in [0.3, 0.4) is 0 Å². The van der Waals surface area contributed by atoms with Gasteiger partial charge in [-0.2, -0.15) is 0 Å². The lowest BCUT2D eigenvalue weighted by atomic mass is 10.1. The van der Waals surface area contributed by atoms with Gasteiger partial charge in [-0.1, -0.05) is 30.3 Å². The predicted octanol–water partition coefficient (Wildman–Crippen LogP) is 2.72. The van der Waals surface area contributed by atoms with Crippen molar-refractivity contribution >= 4 is 0 Å². The molecular weight excluding hydrogens is 170 g/mol. The lowest BCUT2D eigenvalue weighted by Crippen LogP contribution is -2.40. The first-order chi connectivity index (χ1) is 6.64. The first-order valence-corrected chi connectivity index (χ1v) is 5.50. The van der Waals surface area contributed by atoms with Crippen molar-refractivity contribution in [2.24, 2.45) is 0 Å². The maximum absolute atomic E-state index is 2.30. The van der Waals surface area contributed by atoms with E-state index in [2.05, 4.69) is 51.4 Å². The smallest absolute Gasteiger partial charge is 0.0785 e. The van der Waals surface area contributed by atoms with Crippen LogP contribution in [0.4, 0.5) is 0 Å². The Balaban J connectivity index is 2.29. The van der Waals surface area contributed by atoms with E-state index in [4.69, 9.17) is 0 Å². The van der Waals surface area contributed by atoms with Crippen LogP contribution in [-0.4, -0.2) is 31.7 Å². The zero-order valence-corrected chi connectivity index (χ0v) is 9.66. The van der Waals surface area contributed by atoms with Crippen molar-refractivity contribution in [3.8, 4) is 0 Å². The summed E-state index contributed by atoms with van der Waals surface area (Å²) >= 11 is 0. The third kappa shape index (κ3) is 3.93. The third-order valence-electron chi connectivity index (χ3n) is 2.93. The molecule has 1 nitrogen and oxygen atoms in total. The van der Waals surface area contributed by atoms with Crippen molar-refractivity contribution in [1.29, 1.82) is 0 Å². The van der Waals surface area contributed by atoms with Crippen LogP contribution in [0.2, 0.25) is 0 Å². The second-order valence-corrected chi connectivity index (χ2v) is 4.56. The number of hydrogen-bond acceptors (Lipinski definition) is 0. The SMILES string of the molecule is CC[N+](C)(C)CCCc1ccccc1. The Kier molecular flexibility index (Phi) is 4.15. The van der Waals surface area contributed by atoms with E-state index in [0.717, 1.165) is 4.48 Å². The Labute approximate surface area is 88.0 Å². The molecule has 0 aromatic heterocycles. The highest BCUT2D eigenvalue weighted by Gasteiger charge is 2.10. The number of benzene rings is 1. The molecule has 0 atom stereocenters. The van der Waals surface area contributed by atoms with Crippen LogP contribution in [0.15, 0.2) is 30.3 Å². The van der Waals surface area contributed by atoms with Gasteiger partial charge in [-0.05, 0) is 18.9 Å². The summed E-state index contributed by atoms with van der Waals surface area (Å²) < 4.78 is 1.13. The number of hydrogen-bond donors (Lipinski definition) is 0. The first kappa shape index (κ1) is 11.3. The number of aryl methyl sites for hydroxylation is 1. The second kappa shape index (κ2) is 5.16. The normalized spacial score (nSPS) is 11.6. The summed E-state index contributed by atoms with van der Waals surface area (Å²) in [5.41, 5.74) is 1.46. The lowest BCUT2D eigenvalue weighted by Gasteiger charge is -2.28. The Morgan fingerprint density at radius 3 is 2.29 bits per heavy atom. The van der Waals surface area contributed by atoms with Gasteiger partial charge in [0.2, 0.25) is 0 Å². The highest BCUT2D eigenvalue weighted by Crippen LogP contribution is 2.05. The van der Waals surface area contributed by atoms with E-state index in [9.17, 15) is 0 Å². The zero-order valence-electron chi connectivity index (χ0n) is 9.66. The Bertz CT molecular complexity index is 251. The van der Waals surface area contributed by atoms with Crippen LogP contribution in [-0.2, 0) is 6.42 Å². The van der Waals surface area contributed by atoms with Crippen LogP contribution in [0.5, 0.6) is 0 Å². The topological polar surface area (TPSA) is 0 Å². The van der Waals surface area contributed by atoms with Crippen LogP contribution in [0, 0.1) is 0 Å². The van der Waals surface area contributed by atoms with Crippen molar-refractivity contribution in [2.45, 2.75) is 19.8 Å². The van der Waals surface area contributed by atoms with Crippen molar-refractivity contribution in [2.75, 3.05) is 27.2 Å². The van der Waals surface area contributed by atoms with Crippen molar-refractivity contribution in [1.82, 2.24) is 0 Å². The summed E-state index contributed by atoms with van der Waals surface area (Å²) in [5, 5.41) is 0. The van der Waals surface area contributed by atoms with Gasteiger partial charge in [-0.15, -0.1) is 0 Å². The molecule has 0 saturated heterocycles. The molecule has 0 spiro atoms. The van der Waals surface area contributed by atoms with Gasteiger partial charge in [0.25, 0.3) is 0 Å². The van der Waals surface area contributed by atoms with E-state index in [1.165, 1.54) is 31.5 Å². The molecule has 1 aromatic rings. The van der Waals surface area contributed by atoms with Crippen molar-refractivity contribution < 1.29 is 4.48 Å². The fourth-order valence-corrected chi connectivity index (χ4v) is 1.51. The fourth-order valence-electron chi connectivity index (χ4n) is 1.51. The second-order valence-electron chi connectivity index (χ2n) is 4.56. The molecule has 14 heavy (non-hydrogen) atoms. The molecule has 0 aliphatic heterocycles. The van der Waals surface area contributed by atoms with E-state index >= 15 is 0 Å². The monoisotopic (exact) mass is 192 g/mol. The molecule has 1 aromatic carbocycles. The zero-order chi connectivity index (χ0) is 10.4. The third-order valence-corrected chi connectivity index (χ3v) is 2.93. The molecular formula is C13H22N+. The lowest BCUT2D eigenvalue weighted by molar-refractivity contribution is -0.888. The van der Waals surface area contributed by atoms with Crippen LogP contribution < -0.4 is 0 Å². The van der Waals surface area contributed by atoms with E-state index < -0.39 is 0 Å². The fraction of sp³-hybridized carbons (Fsp3) is 0.538. The highest BCUT2D eigenvalue weighted by atomic mass is 15.3. The maximum Gasteiger partial charge on any atom is 0.0785 e. The van der Waals surface area contributed by atoms with Crippen LogP contribution in [0.25, 0.3) is 0 Å². The summed E-state index contributed by atoms with van der Waals surface area (Å²) in [5.74, 6) is 0. The van der Waals surface area contributed by atoms with E-state index in [1.807, 2.05) is 0 Å². The van der Waals surface area contributed by atoms with E-state index in [1.54, 1.807) is 0 Å². The minimum absolute atomic E-state index is 1.13. The van der Waals surface area contributed by atoms with Crippen molar-refractivity contribution in [3.63, 3.8) is 0 Å². The largest absolute Gasteiger partial charge is 0.329 e. The van der Waals surface area contributed by atoms with Gasteiger partial charge in [-0.25, -0.2) is 0 Å². The minimum Gasteiger partial charge on any atom is -0.329 e. The molecule has 0 N–H and O–H groups in total. The van der Waals surface area contributed by atoms with Crippen LogP contribution >= 0.6 is 0 Å². The molecule has 0 bridgehead atoms. The van der Waals surface area contributed by atoms with Gasteiger partial charge in [0.05, 0.1) is 27.2 Å². The Morgan fingerprint density at radius 1 is 1.07 bits per heavy atom. The molecule has 0 saturated carbocycles.